The van der Waals surface area contributed by atoms with Crippen LogP contribution in [0.25, 0.3) is 0 Å². The van der Waals surface area contributed by atoms with Crippen LogP contribution in [0.3, 0.4) is 0 Å². The first-order chi connectivity index (χ1) is 11.4. The SMILES string of the molecule is COC1(C(=O)NCc2cccnc2OCC(F)(F)F)CCNCC1.Cl.Cl. The Kier molecular flexibility index (Phi) is 10.2. The van der Waals surface area contributed by atoms with Crippen LogP contribution in [0.1, 0.15) is 18.4 Å². The number of piperidine rings is 1. The molecular formula is C15H22Cl2F3N3O3. The number of ether oxygens (including phenoxy) is 2. The summed E-state index contributed by atoms with van der Waals surface area (Å²) in [5.74, 6) is -0.441. The predicted octanol–water partition coefficient (Wildman–Crippen LogP) is 2.25. The van der Waals surface area contributed by atoms with Crippen LogP contribution in [-0.2, 0) is 16.1 Å². The van der Waals surface area contributed by atoms with Crippen molar-refractivity contribution < 1.29 is 27.4 Å². The summed E-state index contributed by atoms with van der Waals surface area (Å²) in [5, 5.41) is 5.85. The van der Waals surface area contributed by atoms with Gasteiger partial charge in [-0.2, -0.15) is 13.2 Å². The number of carbonyl (C=O) groups excluding carboxylic acids is 1. The molecule has 1 aliphatic rings. The lowest BCUT2D eigenvalue weighted by molar-refractivity contribution is -0.154. The highest BCUT2D eigenvalue weighted by atomic mass is 35.5. The van der Waals surface area contributed by atoms with Gasteiger partial charge in [-0.3, -0.25) is 4.79 Å². The number of halogens is 5. The van der Waals surface area contributed by atoms with Crippen molar-refractivity contribution in [2.45, 2.75) is 31.2 Å². The molecule has 1 aromatic heterocycles. The lowest BCUT2D eigenvalue weighted by Gasteiger charge is -2.34. The van der Waals surface area contributed by atoms with E-state index >= 15 is 0 Å². The van der Waals surface area contributed by atoms with Crippen LogP contribution in [0.4, 0.5) is 13.2 Å². The van der Waals surface area contributed by atoms with Crippen LogP contribution in [0, 0.1) is 0 Å². The molecule has 1 fully saturated rings. The summed E-state index contributed by atoms with van der Waals surface area (Å²) in [6.45, 7) is -0.0980. The van der Waals surface area contributed by atoms with E-state index in [-0.39, 0.29) is 43.1 Å². The van der Waals surface area contributed by atoms with Crippen molar-refractivity contribution in [3.8, 4) is 5.88 Å². The molecule has 1 aromatic rings. The van der Waals surface area contributed by atoms with E-state index in [1.165, 1.54) is 13.3 Å². The Labute approximate surface area is 162 Å². The summed E-state index contributed by atoms with van der Waals surface area (Å²) in [6, 6.07) is 3.12. The van der Waals surface area contributed by atoms with Gasteiger partial charge in [0.25, 0.3) is 5.91 Å². The number of nitrogens with one attached hydrogen (secondary N) is 2. The topological polar surface area (TPSA) is 72.5 Å². The third kappa shape index (κ3) is 6.79. The molecule has 2 heterocycles. The maximum absolute atomic E-state index is 12.4. The Balaban J connectivity index is 0.00000312. The number of amides is 1. The monoisotopic (exact) mass is 419 g/mol. The van der Waals surface area contributed by atoms with E-state index in [0.29, 0.717) is 31.5 Å². The van der Waals surface area contributed by atoms with Gasteiger partial charge in [0.05, 0.1) is 0 Å². The smallest absolute Gasteiger partial charge is 0.422 e. The molecule has 2 rings (SSSR count). The number of rotatable bonds is 6. The molecule has 26 heavy (non-hydrogen) atoms. The standard InChI is InChI=1S/C15H20F3N3O3.2ClH/c1-23-14(4-7-19-8-5-14)13(22)21-9-11-3-2-6-20-12(11)24-10-15(16,17)18;;/h2-3,6,19H,4-5,7-10H2,1H3,(H,21,22);2*1H. The molecule has 0 atom stereocenters. The maximum Gasteiger partial charge on any atom is 0.422 e. The van der Waals surface area contributed by atoms with E-state index in [0.717, 1.165) is 0 Å². The molecule has 1 saturated heterocycles. The van der Waals surface area contributed by atoms with E-state index < -0.39 is 18.4 Å². The normalized spacial score (nSPS) is 16.0. The summed E-state index contributed by atoms with van der Waals surface area (Å²) < 4.78 is 46.9. The highest BCUT2D eigenvalue weighted by Gasteiger charge is 2.39. The molecule has 6 nitrogen and oxygen atoms in total. The van der Waals surface area contributed by atoms with Crippen molar-refractivity contribution in [3.05, 3.63) is 23.9 Å². The lowest BCUT2D eigenvalue weighted by atomic mass is 9.91. The number of hydrogen-bond acceptors (Lipinski definition) is 5. The Hall–Kier alpha value is -1.29. The fraction of sp³-hybridized carbons (Fsp3) is 0.600. The van der Waals surface area contributed by atoms with Gasteiger partial charge in [0.1, 0.15) is 5.60 Å². The van der Waals surface area contributed by atoms with E-state index in [1.807, 2.05) is 0 Å². The number of hydrogen-bond donors (Lipinski definition) is 2. The molecule has 1 aliphatic heterocycles. The van der Waals surface area contributed by atoms with Gasteiger partial charge in [-0.05, 0) is 32.0 Å². The molecule has 2 N–H and O–H groups in total. The molecule has 0 bridgehead atoms. The first-order valence-electron chi connectivity index (χ1n) is 7.54. The third-order valence-electron chi connectivity index (χ3n) is 3.88. The van der Waals surface area contributed by atoms with E-state index in [9.17, 15) is 18.0 Å². The minimum Gasteiger partial charge on any atom is -0.468 e. The van der Waals surface area contributed by atoms with Crippen LogP contribution >= 0.6 is 24.8 Å². The van der Waals surface area contributed by atoms with Crippen molar-refractivity contribution in [2.24, 2.45) is 0 Å². The van der Waals surface area contributed by atoms with Gasteiger partial charge in [0.2, 0.25) is 5.88 Å². The van der Waals surface area contributed by atoms with Gasteiger partial charge in [-0.15, -0.1) is 24.8 Å². The lowest BCUT2D eigenvalue weighted by Crippen LogP contribution is -2.53. The zero-order chi connectivity index (χ0) is 17.6. The second kappa shape index (κ2) is 10.8. The van der Waals surface area contributed by atoms with Gasteiger partial charge in [-0.25, -0.2) is 4.98 Å². The maximum atomic E-state index is 12.4. The predicted molar refractivity (Wildman–Crippen MR) is 94.0 cm³/mol. The highest BCUT2D eigenvalue weighted by molar-refractivity contribution is 5.86. The molecule has 0 aliphatic carbocycles. The Morgan fingerprint density at radius 3 is 2.58 bits per heavy atom. The van der Waals surface area contributed by atoms with Crippen LogP contribution < -0.4 is 15.4 Å². The van der Waals surface area contributed by atoms with E-state index in [2.05, 4.69) is 15.6 Å². The second-order valence-corrected chi connectivity index (χ2v) is 5.50. The minimum atomic E-state index is -4.45. The zero-order valence-electron chi connectivity index (χ0n) is 14.1. The zero-order valence-corrected chi connectivity index (χ0v) is 15.7. The van der Waals surface area contributed by atoms with Gasteiger partial charge in [0, 0.05) is 25.4 Å². The van der Waals surface area contributed by atoms with Crippen molar-refractivity contribution >= 4 is 30.7 Å². The minimum absolute atomic E-state index is 0. The summed E-state index contributed by atoms with van der Waals surface area (Å²) in [6.07, 6.45) is -2.06. The van der Waals surface area contributed by atoms with Gasteiger partial charge in [-0.1, -0.05) is 6.07 Å². The Morgan fingerprint density at radius 1 is 1.35 bits per heavy atom. The van der Waals surface area contributed by atoms with Crippen LogP contribution in [0.2, 0.25) is 0 Å². The number of nitrogens with zero attached hydrogens (tertiary/aromatic N) is 1. The summed E-state index contributed by atoms with van der Waals surface area (Å²) in [4.78, 5) is 16.2. The average molecular weight is 420 g/mol. The third-order valence-corrected chi connectivity index (χ3v) is 3.88. The molecule has 11 heteroatoms. The van der Waals surface area contributed by atoms with Gasteiger partial charge >= 0.3 is 6.18 Å². The molecule has 0 unspecified atom stereocenters. The average Bonchev–Trinajstić information content (AvgIpc) is 2.58. The highest BCUT2D eigenvalue weighted by Crippen LogP contribution is 2.24. The summed E-state index contributed by atoms with van der Waals surface area (Å²) in [7, 11) is 1.48. The number of aromatic nitrogens is 1. The fourth-order valence-electron chi connectivity index (χ4n) is 2.53. The largest absolute Gasteiger partial charge is 0.468 e. The second-order valence-electron chi connectivity index (χ2n) is 5.50. The van der Waals surface area contributed by atoms with E-state index in [1.54, 1.807) is 12.1 Å². The van der Waals surface area contributed by atoms with E-state index in [4.69, 9.17) is 9.47 Å². The number of pyridine rings is 1. The van der Waals surface area contributed by atoms with Gasteiger partial charge in [0.15, 0.2) is 6.61 Å². The first-order valence-corrected chi connectivity index (χ1v) is 7.54. The quantitative estimate of drug-likeness (QED) is 0.739. The van der Waals surface area contributed by atoms with Gasteiger partial charge < -0.3 is 20.1 Å². The molecule has 1 amide bonds. The Morgan fingerprint density at radius 2 is 2.00 bits per heavy atom. The van der Waals surface area contributed by atoms with Crippen molar-refractivity contribution in [3.63, 3.8) is 0 Å². The van der Waals surface area contributed by atoms with Crippen molar-refractivity contribution in [1.29, 1.82) is 0 Å². The van der Waals surface area contributed by atoms with Crippen molar-refractivity contribution in [2.75, 3.05) is 26.8 Å². The van der Waals surface area contributed by atoms with Crippen LogP contribution in [0.5, 0.6) is 5.88 Å². The van der Waals surface area contributed by atoms with Crippen LogP contribution in [-0.4, -0.2) is 49.5 Å². The molecule has 0 aromatic carbocycles. The number of alkyl halides is 3. The number of carbonyl (C=O) groups is 1. The summed E-state index contributed by atoms with van der Waals surface area (Å²) in [5.41, 5.74) is -0.546. The first kappa shape index (κ1) is 24.7. The van der Waals surface area contributed by atoms with Crippen molar-refractivity contribution in [1.82, 2.24) is 15.6 Å². The fourth-order valence-corrected chi connectivity index (χ4v) is 2.53. The molecule has 0 spiro atoms. The molecule has 0 radical (unpaired) electrons. The molecule has 150 valence electrons. The summed E-state index contributed by atoms with van der Waals surface area (Å²) >= 11 is 0. The molecular weight excluding hydrogens is 398 g/mol. The number of methoxy groups -OCH3 is 1. The van der Waals surface area contributed by atoms with Crippen LogP contribution in [0.15, 0.2) is 18.3 Å². The Bertz CT molecular complexity index is 571. The molecule has 0 saturated carbocycles.